The molecule has 3 N–H and O–H groups in total. The van der Waals surface area contributed by atoms with Crippen molar-refractivity contribution in [3.05, 3.63) is 70.3 Å². The summed E-state index contributed by atoms with van der Waals surface area (Å²) in [5.41, 5.74) is 0.594. The lowest BCUT2D eigenvalue weighted by Crippen LogP contribution is -2.50. The van der Waals surface area contributed by atoms with Crippen LogP contribution in [0.3, 0.4) is 0 Å². The number of carbonyl (C=O) groups is 2. The Balaban J connectivity index is 1.63. The Bertz CT molecular complexity index is 1360. The molecule has 2 heterocycles. The molecule has 2 aromatic rings. The highest BCUT2D eigenvalue weighted by Crippen LogP contribution is 2.43. The molecule has 0 unspecified atom stereocenters. The van der Waals surface area contributed by atoms with Crippen molar-refractivity contribution in [2.24, 2.45) is 17.8 Å². The van der Waals surface area contributed by atoms with Gasteiger partial charge in [-0.25, -0.2) is 4.79 Å². The van der Waals surface area contributed by atoms with E-state index in [-0.39, 0.29) is 23.8 Å². The minimum absolute atomic E-state index is 0.112. The van der Waals surface area contributed by atoms with Crippen molar-refractivity contribution in [2.75, 3.05) is 31.6 Å². The van der Waals surface area contributed by atoms with Crippen molar-refractivity contribution >= 4 is 29.2 Å². The molecular weight excluding hydrogens is 568 g/mol. The van der Waals surface area contributed by atoms with Crippen LogP contribution in [0.25, 0.3) is 0 Å². The minimum atomic E-state index is -2.43. The zero-order valence-corrected chi connectivity index (χ0v) is 25.8. The molecule has 2 bridgehead atoms. The van der Waals surface area contributed by atoms with Gasteiger partial charge < -0.3 is 29.9 Å². The van der Waals surface area contributed by atoms with Crippen LogP contribution in [0.15, 0.2) is 48.6 Å². The van der Waals surface area contributed by atoms with Gasteiger partial charge in [0.15, 0.2) is 5.60 Å². The van der Waals surface area contributed by atoms with Gasteiger partial charge in [-0.05, 0) is 97.7 Å². The molecule has 0 spiro atoms. The second kappa shape index (κ2) is 13.3. The number of carbonyl (C=O) groups excluding carboxylic acids is 1. The van der Waals surface area contributed by atoms with Crippen molar-refractivity contribution in [1.82, 2.24) is 4.90 Å². The minimum Gasteiger partial charge on any atom is -0.487 e. The van der Waals surface area contributed by atoms with Crippen LogP contribution in [0.4, 0.5) is 5.69 Å². The number of amides is 1. The fourth-order valence-electron chi connectivity index (χ4n) is 6.87. The third-order valence-electron chi connectivity index (χ3n) is 9.66. The summed E-state index contributed by atoms with van der Waals surface area (Å²) in [6, 6.07) is 10.8. The second-order valence-electron chi connectivity index (χ2n) is 12.3. The topological polar surface area (TPSA) is 111 Å². The average molecular weight is 611 g/mol. The van der Waals surface area contributed by atoms with E-state index in [2.05, 4.69) is 4.90 Å². The van der Waals surface area contributed by atoms with E-state index in [1.54, 1.807) is 32.2 Å². The van der Waals surface area contributed by atoms with Crippen LogP contribution < -0.4 is 9.64 Å². The van der Waals surface area contributed by atoms with E-state index < -0.39 is 29.5 Å². The molecule has 0 saturated heterocycles. The first-order chi connectivity index (χ1) is 20.6. The van der Waals surface area contributed by atoms with Gasteiger partial charge in [-0.1, -0.05) is 42.8 Å². The normalized spacial score (nSPS) is 29.3. The van der Waals surface area contributed by atoms with Gasteiger partial charge in [0.25, 0.3) is 0 Å². The van der Waals surface area contributed by atoms with E-state index in [9.17, 15) is 24.9 Å². The number of rotatable bonds is 2. The van der Waals surface area contributed by atoms with Crippen molar-refractivity contribution in [3.63, 3.8) is 0 Å². The van der Waals surface area contributed by atoms with E-state index in [0.29, 0.717) is 49.1 Å². The van der Waals surface area contributed by atoms with Crippen LogP contribution in [-0.4, -0.2) is 64.9 Å². The largest absolute Gasteiger partial charge is 0.487 e. The molecule has 0 radical (unpaired) electrons. The van der Waals surface area contributed by atoms with Gasteiger partial charge in [0.2, 0.25) is 5.91 Å². The van der Waals surface area contributed by atoms with E-state index in [0.717, 1.165) is 43.2 Å². The van der Waals surface area contributed by atoms with Gasteiger partial charge in [0.05, 0.1) is 17.7 Å². The van der Waals surface area contributed by atoms with Crippen LogP contribution in [0.2, 0.25) is 5.02 Å². The first-order valence-electron chi connectivity index (χ1n) is 15.5. The molecule has 0 aromatic heterocycles. The number of halogens is 1. The van der Waals surface area contributed by atoms with Gasteiger partial charge in [-0.3, -0.25) is 4.79 Å². The average Bonchev–Trinajstić information content (AvgIpc) is 3.00. The van der Waals surface area contributed by atoms with Gasteiger partial charge in [-0.2, -0.15) is 0 Å². The number of carboxylic acids is 1. The van der Waals surface area contributed by atoms with Gasteiger partial charge in [0.1, 0.15) is 12.4 Å². The van der Waals surface area contributed by atoms with Crippen LogP contribution in [0.1, 0.15) is 62.1 Å². The predicted octanol–water partition coefficient (Wildman–Crippen LogP) is 5.17. The van der Waals surface area contributed by atoms with Crippen molar-refractivity contribution in [2.45, 2.75) is 70.2 Å². The molecule has 1 fully saturated rings. The molecule has 1 saturated carbocycles. The predicted molar refractivity (Wildman–Crippen MR) is 166 cm³/mol. The van der Waals surface area contributed by atoms with Crippen LogP contribution in [0, 0.1) is 17.8 Å². The lowest BCUT2D eigenvalue weighted by molar-refractivity contribution is -0.173. The zero-order chi connectivity index (χ0) is 30.7. The summed E-state index contributed by atoms with van der Waals surface area (Å²) in [4.78, 5) is 30.1. The molecular formula is C34H43ClN2O6. The Morgan fingerprint density at radius 2 is 1.93 bits per heavy atom. The summed E-state index contributed by atoms with van der Waals surface area (Å²) in [7, 11) is 1.62. The number of aliphatic carboxylic acids is 1. The standard InChI is InChI=1S/C34H43ClN2O6/c1-3-28-32(39)36(2)16-6-5-9-30(38)27-14-11-23(27)20-37-17-7-4-8-22-18-26(35)13-10-24(22)21-43-31-15-12-25(19-29(31)37)34(28,42)33(40)41/h5,9-10,12-13,15,18-19,23,27-28,30,38,42H,3-4,6-8,11,14,16-17,20-21H2,1-2H3,(H,40,41)/b9-5+/t23-,27+,28+,30-,34-/m0/s1. The monoisotopic (exact) mass is 610 g/mol. The number of anilines is 1. The number of aliphatic hydroxyl groups excluding tert-OH is 1. The number of nitrogens with zero attached hydrogens (tertiary/aromatic N) is 2. The number of hydrogen-bond donors (Lipinski definition) is 3. The molecule has 5 rings (SSSR count). The highest BCUT2D eigenvalue weighted by Gasteiger charge is 2.50. The summed E-state index contributed by atoms with van der Waals surface area (Å²) in [5, 5.41) is 34.1. The number of ether oxygens (including phenoxy) is 1. The first kappa shape index (κ1) is 31.4. The molecule has 9 heteroatoms. The number of hydrogen-bond acceptors (Lipinski definition) is 6. The molecule has 232 valence electrons. The molecule has 1 amide bonds. The number of benzene rings is 2. The summed E-state index contributed by atoms with van der Waals surface area (Å²) in [6.45, 7) is 3.74. The maximum Gasteiger partial charge on any atom is 0.341 e. The SMILES string of the molecule is CC[C@@H]1C(=O)N(C)CC/C=C/[C@H](O)[C@@H]2CC[C@H]2CN2CCCCc3cc(Cl)ccc3COc3ccc(cc32)[C@@]1(O)C(=O)O. The number of aliphatic hydroxyl groups is 2. The maximum absolute atomic E-state index is 13.6. The molecule has 2 aliphatic heterocycles. The van der Waals surface area contributed by atoms with Crippen LogP contribution in [-0.2, 0) is 28.2 Å². The van der Waals surface area contributed by atoms with Crippen molar-refractivity contribution < 1.29 is 29.6 Å². The second-order valence-corrected chi connectivity index (χ2v) is 12.7. The summed E-state index contributed by atoms with van der Waals surface area (Å²) in [5.74, 6) is -2.16. The van der Waals surface area contributed by atoms with E-state index in [4.69, 9.17) is 16.3 Å². The molecule has 43 heavy (non-hydrogen) atoms. The highest BCUT2D eigenvalue weighted by atomic mass is 35.5. The first-order valence-corrected chi connectivity index (χ1v) is 15.9. The Labute approximate surface area is 258 Å². The Kier molecular flexibility index (Phi) is 9.69. The molecule has 5 atom stereocenters. The highest BCUT2D eigenvalue weighted by molar-refractivity contribution is 6.30. The lowest BCUT2D eigenvalue weighted by atomic mass is 9.70. The smallest absolute Gasteiger partial charge is 0.341 e. The Morgan fingerprint density at radius 3 is 2.65 bits per heavy atom. The Hall–Kier alpha value is -3.07. The van der Waals surface area contributed by atoms with Crippen molar-refractivity contribution in [1.29, 1.82) is 0 Å². The van der Waals surface area contributed by atoms with E-state index >= 15 is 0 Å². The third-order valence-corrected chi connectivity index (χ3v) is 9.90. The van der Waals surface area contributed by atoms with Gasteiger partial charge >= 0.3 is 5.97 Å². The summed E-state index contributed by atoms with van der Waals surface area (Å²) in [6.07, 6.45) is 8.39. The third kappa shape index (κ3) is 6.42. The molecule has 1 aliphatic carbocycles. The number of carboxylic acid groups (broad SMARTS) is 1. The quantitative estimate of drug-likeness (QED) is 0.403. The van der Waals surface area contributed by atoms with E-state index in [1.807, 2.05) is 30.4 Å². The van der Waals surface area contributed by atoms with E-state index in [1.165, 1.54) is 4.90 Å². The fourth-order valence-corrected chi connectivity index (χ4v) is 7.07. The fraction of sp³-hybridized carbons (Fsp3) is 0.529. The number of fused-ring (bicyclic) bond motifs is 3. The lowest BCUT2D eigenvalue weighted by Gasteiger charge is -2.43. The molecule has 8 nitrogen and oxygen atoms in total. The number of aryl methyl sites for hydroxylation is 1. The summed E-state index contributed by atoms with van der Waals surface area (Å²) >= 11 is 6.32. The van der Waals surface area contributed by atoms with Gasteiger partial charge in [0, 0.05) is 31.7 Å². The molecule has 3 aliphatic rings. The summed E-state index contributed by atoms with van der Waals surface area (Å²) < 4.78 is 6.42. The van der Waals surface area contributed by atoms with Crippen molar-refractivity contribution in [3.8, 4) is 5.75 Å². The maximum atomic E-state index is 13.6. The zero-order valence-electron chi connectivity index (χ0n) is 25.0. The Morgan fingerprint density at radius 1 is 1.12 bits per heavy atom. The van der Waals surface area contributed by atoms with Gasteiger partial charge in [-0.15, -0.1) is 0 Å². The molecule has 2 aromatic carbocycles. The van der Waals surface area contributed by atoms with Crippen LogP contribution in [0.5, 0.6) is 5.75 Å². The van der Waals surface area contributed by atoms with Crippen LogP contribution >= 0.6 is 11.6 Å².